The molecule has 2 aliphatic rings. The Morgan fingerprint density at radius 2 is 2.04 bits per heavy atom. The molecule has 0 spiro atoms. The first-order chi connectivity index (χ1) is 12.7. The van der Waals surface area contributed by atoms with Crippen LogP contribution in [0.2, 0.25) is 0 Å². The number of fused-ring (bicyclic) bond motifs is 1. The number of amides is 2. The zero-order valence-corrected chi connectivity index (χ0v) is 14.4. The molecule has 0 bridgehead atoms. The van der Waals surface area contributed by atoms with Gasteiger partial charge in [0.15, 0.2) is 0 Å². The molecule has 4 rings (SSSR count). The SMILES string of the molecule is NC(=O)N1C=CN=CC1CC1Cc2cc(Cc3ccccc3)ccc2O1. The number of urea groups is 1. The van der Waals surface area contributed by atoms with Crippen molar-refractivity contribution < 1.29 is 9.53 Å². The fourth-order valence-corrected chi connectivity index (χ4v) is 3.57. The van der Waals surface area contributed by atoms with Crippen LogP contribution >= 0.6 is 0 Å². The maximum atomic E-state index is 11.6. The highest BCUT2D eigenvalue weighted by Crippen LogP contribution is 2.32. The fourth-order valence-electron chi connectivity index (χ4n) is 3.57. The highest BCUT2D eigenvalue weighted by atomic mass is 16.5. The molecular weight excluding hydrogens is 326 g/mol. The highest BCUT2D eigenvalue weighted by Gasteiger charge is 2.29. The smallest absolute Gasteiger partial charge is 0.319 e. The summed E-state index contributed by atoms with van der Waals surface area (Å²) in [6, 6.07) is 16.2. The van der Waals surface area contributed by atoms with Crippen LogP contribution in [0.4, 0.5) is 4.79 Å². The van der Waals surface area contributed by atoms with E-state index in [1.807, 2.05) is 12.1 Å². The van der Waals surface area contributed by atoms with Gasteiger partial charge in [0.05, 0.1) is 6.04 Å². The third-order valence-electron chi connectivity index (χ3n) is 4.80. The maximum absolute atomic E-state index is 11.6. The largest absolute Gasteiger partial charge is 0.490 e. The van der Waals surface area contributed by atoms with Gasteiger partial charge in [0.25, 0.3) is 0 Å². The Balaban J connectivity index is 1.43. The van der Waals surface area contributed by atoms with Crippen molar-refractivity contribution in [1.82, 2.24) is 4.90 Å². The van der Waals surface area contributed by atoms with Crippen molar-refractivity contribution in [3.8, 4) is 5.75 Å². The van der Waals surface area contributed by atoms with Gasteiger partial charge in [-0.2, -0.15) is 0 Å². The van der Waals surface area contributed by atoms with Gasteiger partial charge in [0, 0.05) is 31.5 Å². The summed E-state index contributed by atoms with van der Waals surface area (Å²) in [7, 11) is 0. The molecule has 2 aromatic carbocycles. The molecular formula is C21H21N3O2. The lowest BCUT2D eigenvalue weighted by molar-refractivity contribution is 0.182. The Morgan fingerprint density at radius 1 is 1.19 bits per heavy atom. The number of hydrogen-bond acceptors (Lipinski definition) is 3. The van der Waals surface area contributed by atoms with Gasteiger partial charge in [0.1, 0.15) is 11.9 Å². The summed E-state index contributed by atoms with van der Waals surface area (Å²) in [6.07, 6.45) is 7.36. The van der Waals surface area contributed by atoms with Gasteiger partial charge in [0.2, 0.25) is 0 Å². The number of aliphatic imine (C=N–C) groups is 1. The number of rotatable bonds is 4. The maximum Gasteiger partial charge on any atom is 0.319 e. The van der Waals surface area contributed by atoms with E-state index in [1.54, 1.807) is 18.6 Å². The molecule has 2 atom stereocenters. The Hall–Kier alpha value is -3.08. The molecule has 2 N–H and O–H groups in total. The molecule has 2 aromatic rings. The minimum absolute atomic E-state index is 0.0155. The molecule has 0 saturated carbocycles. The summed E-state index contributed by atoms with van der Waals surface area (Å²) < 4.78 is 6.08. The second kappa shape index (κ2) is 7.04. The molecule has 2 aliphatic heterocycles. The Kier molecular flexibility index (Phi) is 4.44. The normalized spacial score (nSPS) is 20.7. The number of ether oxygens (including phenoxy) is 1. The van der Waals surface area contributed by atoms with E-state index in [4.69, 9.17) is 10.5 Å². The average molecular weight is 347 g/mol. The third kappa shape index (κ3) is 3.47. The molecule has 132 valence electrons. The molecule has 2 heterocycles. The van der Waals surface area contributed by atoms with Crippen molar-refractivity contribution in [2.45, 2.75) is 31.4 Å². The fraction of sp³-hybridized carbons (Fsp3) is 0.238. The zero-order valence-electron chi connectivity index (χ0n) is 14.4. The topological polar surface area (TPSA) is 67.9 Å². The minimum atomic E-state index is -0.474. The van der Waals surface area contributed by atoms with Crippen LogP contribution < -0.4 is 10.5 Å². The number of benzene rings is 2. The number of carbonyl (C=O) groups excluding carboxylic acids is 1. The van der Waals surface area contributed by atoms with Crippen LogP contribution in [-0.2, 0) is 12.8 Å². The average Bonchev–Trinajstić information content (AvgIpc) is 3.04. The molecule has 0 saturated heterocycles. The predicted octanol–water partition coefficient (Wildman–Crippen LogP) is 3.28. The van der Waals surface area contributed by atoms with Gasteiger partial charge in [-0.25, -0.2) is 4.79 Å². The summed E-state index contributed by atoms with van der Waals surface area (Å²) in [4.78, 5) is 17.2. The predicted molar refractivity (Wildman–Crippen MR) is 101 cm³/mol. The number of hydrogen-bond donors (Lipinski definition) is 1. The van der Waals surface area contributed by atoms with Crippen molar-refractivity contribution in [2.24, 2.45) is 10.7 Å². The van der Waals surface area contributed by atoms with E-state index < -0.39 is 6.03 Å². The first-order valence-corrected chi connectivity index (χ1v) is 8.79. The summed E-state index contributed by atoms with van der Waals surface area (Å²) in [5.74, 6) is 0.931. The molecule has 5 nitrogen and oxygen atoms in total. The zero-order chi connectivity index (χ0) is 17.9. The molecule has 0 aliphatic carbocycles. The number of primary amides is 1. The lowest BCUT2D eigenvalue weighted by Crippen LogP contribution is -2.44. The van der Waals surface area contributed by atoms with E-state index in [0.717, 1.165) is 18.6 Å². The van der Waals surface area contributed by atoms with Crippen LogP contribution in [0.25, 0.3) is 0 Å². The molecule has 2 unspecified atom stereocenters. The van der Waals surface area contributed by atoms with Crippen LogP contribution in [0.15, 0.2) is 65.9 Å². The number of nitrogens with two attached hydrogens (primary N) is 1. The number of carbonyl (C=O) groups is 1. The lowest BCUT2D eigenvalue weighted by Gasteiger charge is -2.27. The van der Waals surface area contributed by atoms with E-state index in [2.05, 4.69) is 41.4 Å². The molecule has 0 aromatic heterocycles. The molecule has 26 heavy (non-hydrogen) atoms. The van der Waals surface area contributed by atoms with Gasteiger partial charge >= 0.3 is 6.03 Å². The Labute approximate surface area is 152 Å². The van der Waals surface area contributed by atoms with Crippen molar-refractivity contribution in [1.29, 1.82) is 0 Å². The van der Waals surface area contributed by atoms with Crippen LogP contribution in [0.3, 0.4) is 0 Å². The first kappa shape index (κ1) is 16.4. The summed E-state index contributed by atoms with van der Waals surface area (Å²) in [6.45, 7) is 0. The van der Waals surface area contributed by atoms with E-state index in [0.29, 0.717) is 6.42 Å². The van der Waals surface area contributed by atoms with Gasteiger partial charge in [-0.15, -0.1) is 0 Å². The Bertz CT molecular complexity index is 861. The van der Waals surface area contributed by atoms with E-state index in [-0.39, 0.29) is 12.1 Å². The van der Waals surface area contributed by atoms with Gasteiger partial charge < -0.3 is 10.5 Å². The summed E-state index contributed by atoms with van der Waals surface area (Å²) >= 11 is 0. The van der Waals surface area contributed by atoms with Crippen LogP contribution in [0, 0.1) is 0 Å². The van der Waals surface area contributed by atoms with Gasteiger partial charge in [-0.05, 0) is 29.2 Å². The van der Waals surface area contributed by atoms with Crippen molar-refractivity contribution in [3.05, 3.63) is 77.6 Å². The highest BCUT2D eigenvalue weighted by molar-refractivity contribution is 5.80. The molecule has 0 fully saturated rings. The van der Waals surface area contributed by atoms with Crippen molar-refractivity contribution in [3.63, 3.8) is 0 Å². The minimum Gasteiger partial charge on any atom is -0.490 e. The second-order valence-electron chi connectivity index (χ2n) is 6.69. The summed E-state index contributed by atoms with van der Waals surface area (Å²) in [5.41, 5.74) is 9.24. The quantitative estimate of drug-likeness (QED) is 0.922. The van der Waals surface area contributed by atoms with Crippen molar-refractivity contribution >= 4 is 12.2 Å². The number of nitrogens with zero attached hydrogens (tertiary/aromatic N) is 2. The van der Waals surface area contributed by atoms with Crippen molar-refractivity contribution in [2.75, 3.05) is 0 Å². The standard InChI is InChI=1S/C21H21N3O2/c22-21(25)24-9-8-23-14-18(24)13-19-12-17-11-16(6-7-20(17)26-19)10-15-4-2-1-3-5-15/h1-9,11,14,18-19H,10,12-13H2,(H2,22,25). The van der Waals surface area contributed by atoms with Crippen LogP contribution in [0.1, 0.15) is 23.1 Å². The second-order valence-corrected chi connectivity index (χ2v) is 6.69. The van der Waals surface area contributed by atoms with E-state index >= 15 is 0 Å². The van der Waals surface area contributed by atoms with E-state index in [1.165, 1.54) is 21.6 Å². The summed E-state index contributed by atoms with van der Waals surface area (Å²) in [5, 5.41) is 0. The van der Waals surface area contributed by atoms with Crippen LogP contribution in [0.5, 0.6) is 5.75 Å². The molecule has 0 radical (unpaired) electrons. The molecule has 2 amide bonds. The van der Waals surface area contributed by atoms with E-state index in [9.17, 15) is 4.79 Å². The van der Waals surface area contributed by atoms with Gasteiger partial charge in [-0.1, -0.05) is 42.5 Å². The molecule has 5 heteroatoms. The monoisotopic (exact) mass is 347 g/mol. The Morgan fingerprint density at radius 3 is 2.85 bits per heavy atom. The third-order valence-corrected chi connectivity index (χ3v) is 4.80. The van der Waals surface area contributed by atoms with Gasteiger partial charge in [-0.3, -0.25) is 9.89 Å². The van der Waals surface area contributed by atoms with Crippen LogP contribution in [-0.4, -0.2) is 29.3 Å². The first-order valence-electron chi connectivity index (χ1n) is 8.79. The lowest BCUT2D eigenvalue weighted by atomic mass is 9.99.